The Morgan fingerprint density at radius 1 is 1.10 bits per heavy atom. The lowest BCUT2D eigenvalue weighted by Crippen LogP contribution is -2.49. The molecule has 0 aliphatic carbocycles. The van der Waals surface area contributed by atoms with Crippen molar-refractivity contribution in [2.45, 2.75) is 12.6 Å². The third kappa shape index (κ3) is 3.64. The van der Waals surface area contributed by atoms with E-state index in [2.05, 4.69) is 5.32 Å². The smallest absolute Gasteiger partial charge is 0.384 e. The predicted octanol–water partition coefficient (Wildman–Crippen LogP) is 3.54. The summed E-state index contributed by atoms with van der Waals surface area (Å²) in [7, 11) is 0. The summed E-state index contributed by atoms with van der Waals surface area (Å²) < 4.78 is 38.8. The van der Waals surface area contributed by atoms with E-state index in [4.69, 9.17) is 0 Å². The van der Waals surface area contributed by atoms with Crippen LogP contribution in [0, 0.1) is 10.1 Å². The van der Waals surface area contributed by atoms with Gasteiger partial charge in [0.15, 0.2) is 0 Å². The molecule has 0 radical (unpaired) electrons. The average molecular weight is 420 g/mol. The first-order valence-electron chi connectivity index (χ1n) is 9.51. The van der Waals surface area contributed by atoms with E-state index in [9.17, 15) is 28.1 Å². The largest absolute Gasteiger partial charge is 0.416 e. The van der Waals surface area contributed by atoms with Gasteiger partial charge in [0.05, 0.1) is 10.5 Å². The van der Waals surface area contributed by atoms with Crippen LogP contribution in [0.1, 0.15) is 21.5 Å². The van der Waals surface area contributed by atoms with Gasteiger partial charge >= 0.3 is 6.18 Å². The summed E-state index contributed by atoms with van der Waals surface area (Å²) in [6.07, 6.45) is -3.84. The van der Waals surface area contributed by atoms with E-state index in [1.807, 2.05) is 4.90 Å². The molecule has 2 aromatic rings. The minimum atomic E-state index is -4.52. The highest BCUT2D eigenvalue weighted by molar-refractivity contribution is 5.94. The van der Waals surface area contributed by atoms with E-state index < -0.39 is 22.6 Å². The molecule has 30 heavy (non-hydrogen) atoms. The maximum atomic E-state index is 12.9. The molecule has 0 spiro atoms. The fourth-order valence-corrected chi connectivity index (χ4v) is 4.01. The Labute approximate surface area is 170 Å². The first kappa shape index (κ1) is 20.0. The van der Waals surface area contributed by atoms with Crippen molar-refractivity contribution >= 4 is 23.0 Å². The highest BCUT2D eigenvalue weighted by Crippen LogP contribution is 2.40. The van der Waals surface area contributed by atoms with Crippen LogP contribution in [0.15, 0.2) is 36.4 Å². The number of carbonyl (C=O) groups is 1. The number of amides is 1. The molecule has 0 bridgehead atoms. The maximum absolute atomic E-state index is 12.9. The molecule has 0 saturated carbocycles. The molecule has 0 unspecified atom stereocenters. The highest BCUT2D eigenvalue weighted by atomic mass is 19.4. The molecule has 1 saturated heterocycles. The zero-order chi connectivity index (χ0) is 21.5. The first-order chi connectivity index (χ1) is 14.3. The van der Waals surface area contributed by atoms with Crippen molar-refractivity contribution in [3.8, 4) is 0 Å². The summed E-state index contributed by atoms with van der Waals surface area (Å²) >= 11 is 0. The van der Waals surface area contributed by atoms with Crippen LogP contribution in [0.4, 0.5) is 30.2 Å². The third-order valence-electron chi connectivity index (χ3n) is 5.47. The van der Waals surface area contributed by atoms with Gasteiger partial charge in [-0.1, -0.05) is 6.07 Å². The number of nitrogens with one attached hydrogen (secondary N) is 1. The SMILES string of the molecule is O=C(c1cccc(C(F)(F)F)c1)N1CCN(c2c([N+](=O)[O-])ccc3c2CCN3)CC1. The van der Waals surface area contributed by atoms with Crippen molar-refractivity contribution in [3.63, 3.8) is 0 Å². The summed E-state index contributed by atoms with van der Waals surface area (Å²) in [5.41, 5.74) is 1.47. The standard InChI is InChI=1S/C20H19F3N4O3/c21-20(22,23)14-3-1-2-13(12-14)19(28)26-10-8-25(9-11-26)18-15-6-7-24-16(15)4-5-17(18)27(29)30/h1-5,12,24H,6-11H2. The van der Waals surface area contributed by atoms with E-state index in [-0.39, 0.29) is 24.3 Å². The Morgan fingerprint density at radius 2 is 1.83 bits per heavy atom. The van der Waals surface area contributed by atoms with Crippen molar-refractivity contribution in [2.24, 2.45) is 0 Å². The molecular weight excluding hydrogens is 401 g/mol. The monoisotopic (exact) mass is 420 g/mol. The lowest BCUT2D eigenvalue weighted by atomic mass is 10.1. The van der Waals surface area contributed by atoms with E-state index in [0.29, 0.717) is 31.7 Å². The Morgan fingerprint density at radius 3 is 2.50 bits per heavy atom. The van der Waals surface area contributed by atoms with E-state index in [1.165, 1.54) is 23.1 Å². The van der Waals surface area contributed by atoms with Crippen LogP contribution in [0.2, 0.25) is 0 Å². The average Bonchev–Trinajstić information content (AvgIpc) is 3.21. The Bertz CT molecular complexity index is 1000. The number of halogens is 3. The molecule has 2 heterocycles. The van der Waals surface area contributed by atoms with Crippen molar-refractivity contribution in [1.82, 2.24) is 4.90 Å². The topological polar surface area (TPSA) is 78.7 Å². The van der Waals surface area contributed by atoms with Crippen LogP contribution in [-0.2, 0) is 12.6 Å². The molecule has 1 N–H and O–H groups in total. The summed E-state index contributed by atoms with van der Waals surface area (Å²) in [6.45, 7) is 1.97. The number of nitro groups is 1. The zero-order valence-electron chi connectivity index (χ0n) is 15.9. The number of benzene rings is 2. The maximum Gasteiger partial charge on any atom is 0.416 e. The van der Waals surface area contributed by atoms with Crippen LogP contribution < -0.4 is 10.2 Å². The summed E-state index contributed by atoms with van der Waals surface area (Å²) in [4.78, 5) is 27.2. The van der Waals surface area contributed by atoms with Gasteiger partial charge in [0.2, 0.25) is 0 Å². The van der Waals surface area contributed by atoms with Gasteiger partial charge in [-0.15, -0.1) is 0 Å². The van der Waals surface area contributed by atoms with Gasteiger partial charge in [0.25, 0.3) is 11.6 Å². The van der Waals surface area contributed by atoms with Crippen molar-refractivity contribution in [1.29, 1.82) is 0 Å². The van der Waals surface area contributed by atoms with Crippen LogP contribution >= 0.6 is 0 Å². The lowest BCUT2D eigenvalue weighted by Gasteiger charge is -2.36. The number of piperazine rings is 1. The molecule has 4 rings (SSSR count). The third-order valence-corrected chi connectivity index (χ3v) is 5.47. The van der Waals surface area contributed by atoms with Gasteiger partial charge in [-0.3, -0.25) is 14.9 Å². The van der Waals surface area contributed by atoms with Gasteiger partial charge in [0, 0.05) is 55.6 Å². The van der Waals surface area contributed by atoms with Crippen molar-refractivity contribution in [3.05, 3.63) is 63.2 Å². The summed E-state index contributed by atoms with van der Waals surface area (Å²) in [6, 6.07) is 7.55. The molecule has 1 amide bonds. The van der Waals surface area contributed by atoms with Crippen molar-refractivity contribution in [2.75, 3.05) is 42.9 Å². The van der Waals surface area contributed by atoms with Gasteiger partial charge < -0.3 is 15.1 Å². The molecule has 0 aromatic heterocycles. The number of anilines is 2. The van der Waals surface area contributed by atoms with E-state index >= 15 is 0 Å². The highest BCUT2D eigenvalue weighted by Gasteiger charge is 2.33. The van der Waals surface area contributed by atoms with Crippen molar-refractivity contribution < 1.29 is 22.9 Å². The second-order valence-corrected chi connectivity index (χ2v) is 7.25. The Balaban J connectivity index is 1.52. The molecule has 2 aliphatic heterocycles. The van der Waals surface area contributed by atoms with E-state index in [0.717, 1.165) is 23.4 Å². The predicted molar refractivity (Wildman–Crippen MR) is 105 cm³/mol. The quantitative estimate of drug-likeness (QED) is 0.607. The minimum Gasteiger partial charge on any atom is -0.384 e. The molecule has 0 atom stereocenters. The second kappa shape index (κ2) is 7.51. The second-order valence-electron chi connectivity index (χ2n) is 7.25. The minimum absolute atomic E-state index is 0.0194. The number of rotatable bonds is 3. The van der Waals surface area contributed by atoms with Gasteiger partial charge in [-0.2, -0.15) is 13.2 Å². The lowest BCUT2D eigenvalue weighted by molar-refractivity contribution is -0.384. The Kier molecular flexibility index (Phi) is 5.00. The van der Waals surface area contributed by atoms with Crippen LogP contribution in [0.25, 0.3) is 0 Å². The van der Waals surface area contributed by atoms with Crippen LogP contribution in [0.5, 0.6) is 0 Å². The molecule has 158 valence electrons. The molecule has 2 aliphatic rings. The fourth-order valence-electron chi connectivity index (χ4n) is 4.01. The van der Waals surface area contributed by atoms with E-state index in [1.54, 1.807) is 6.07 Å². The molecule has 1 fully saturated rings. The first-order valence-corrected chi connectivity index (χ1v) is 9.51. The molecular formula is C20H19F3N4O3. The summed E-state index contributed by atoms with van der Waals surface area (Å²) in [5.74, 6) is -0.477. The normalized spacial score (nSPS) is 16.2. The number of nitrogens with zero attached hydrogens (tertiary/aromatic N) is 3. The molecule has 10 heteroatoms. The molecule has 2 aromatic carbocycles. The number of carbonyl (C=O) groups excluding carboxylic acids is 1. The Hall–Kier alpha value is -3.30. The van der Waals surface area contributed by atoms with Gasteiger partial charge in [-0.25, -0.2) is 0 Å². The van der Waals surface area contributed by atoms with Gasteiger partial charge in [0.1, 0.15) is 5.69 Å². The van der Waals surface area contributed by atoms with Crippen LogP contribution in [0.3, 0.4) is 0 Å². The number of alkyl halides is 3. The van der Waals surface area contributed by atoms with Gasteiger partial charge in [-0.05, 0) is 30.7 Å². The number of fused-ring (bicyclic) bond motifs is 1. The fraction of sp³-hybridized carbons (Fsp3) is 0.350. The van der Waals surface area contributed by atoms with Crippen LogP contribution in [-0.4, -0.2) is 48.5 Å². The summed E-state index contributed by atoms with van der Waals surface area (Å²) in [5, 5.41) is 14.7. The number of nitro benzene ring substituents is 1. The zero-order valence-corrected chi connectivity index (χ0v) is 15.9. The number of hydrogen-bond donors (Lipinski definition) is 1. The molecule has 7 nitrogen and oxygen atoms in total. The number of hydrogen-bond acceptors (Lipinski definition) is 5.